The number of rotatable bonds is 25. The van der Waals surface area contributed by atoms with Gasteiger partial charge in [-0.3, -0.25) is 53.0 Å². The first-order valence-corrected chi connectivity index (χ1v) is 29.2. The Morgan fingerprint density at radius 1 is 0.829 bits per heavy atom. The highest BCUT2D eigenvalue weighted by molar-refractivity contribution is 7.70. The second kappa shape index (κ2) is 27.5. The number of amides is 8. The Kier molecular flexibility index (Phi) is 20.0. The summed E-state index contributed by atoms with van der Waals surface area (Å²) in [6.45, 7) is 2.41. The smallest absolute Gasteiger partial charge is 0.376 e. The molecule has 2 saturated heterocycles. The average molecular weight is 1140 g/mol. The van der Waals surface area contributed by atoms with Crippen LogP contribution in [0.15, 0.2) is 103 Å². The first-order valence-electron chi connectivity index (χ1n) is 27.6. The predicted molar refractivity (Wildman–Crippen MR) is 301 cm³/mol. The van der Waals surface area contributed by atoms with Crippen LogP contribution in [0.2, 0.25) is 0 Å². The van der Waals surface area contributed by atoms with E-state index < -0.39 is 84.9 Å². The van der Waals surface area contributed by atoms with Crippen LogP contribution in [0.25, 0.3) is 10.9 Å². The molecule has 3 aliphatic rings. The quantitative estimate of drug-likeness (QED) is 0.0162. The number of piperidine rings is 1. The fourth-order valence-electron chi connectivity index (χ4n) is 10.6. The number of hydrogen-bond acceptors (Lipinski definition) is 11. The molecule has 22 heteroatoms. The van der Waals surface area contributed by atoms with Gasteiger partial charge in [0.1, 0.15) is 29.9 Å². The largest absolute Gasteiger partial charge is 0.396 e. The number of benzene rings is 4. The lowest BCUT2D eigenvalue weighted by atomic mass is 9.98. The zero-order valence-electron chi connectivity index (χ0n) is 45.4. The van der Waals surface area contributed by atoms with Crippen LogP contribution in [-0.2, 0) is 44.6 Å². The number of nitrogens with two attached hydrogens (primary N) is 1. The van der Waals surface area contributed by atoms with Crippen molar-refractivity contribution in [3.05, 3.63) is 142 Å². The molecule has 2 fully saturated rings. The van der Waals surface area contributed by atoms with Crippen molar-refractivity contribution in [2.45, 2.75) is 133 Å². The summed E-state index contributed by atoms with van der Waals surface area (Å²) in [6.07, 6.45) is 4.40. The van der Waals surface area contributed by atoms with Crippen molar-refractivity contribution in [2.24, 2.45) is 5.73 Å². The molecule has 0 aliphatic carbocycles. The molecule has 5 atom stereocenters. The molecule has 82 heavy (non-hydrogen) atoms. The Balaban J connectivity index is 0.936. The van der Waals surface area contributed by atoms with Gasteiger partial charge >= 0.3 is 7.60 Å². The van der Waals surface area contributed by atoms with Crippen LogP contribution in [-0.4, -0.2) is 121 Å². The number of H-pyrrole nitrogens is 1. The molecular formula is C60H67N8O13P. The van der Waals surface area contributed by atoms with Gasteiger partial charge in [-0.2, -0.15) is 0 Å². The number of imide groups is 1. The Bertz CT molecular complexity index is 3300. The highest BCUT2D eigenvalue weighted by Crippen LogP contribution is 2.39. The highest BCUT2D eigenvalue weighted by Gasteiger charge is 2.44. The second-order valence-corrected chi connectivity index (χ2v) is 22.3. The molecule has 8 amide bonds. The van der Waals surface area contributed by atoms with Gasteiger partial charge in [0.15, 0.2) is 0 Å². The Morgan fingerprint density at radius 3 is 2.23 bits per heavy atom. The summed E-state index contributed by atoms with van der Waals surface area (Å²) in [5, 5.41) is 11.3. The summed E-state index contributed by atoms with van der Waals surface area (Å²) in [6, 6.07) is 24.1. The van der Waals surface area contributed by atoms with Crippen LogP contribution >= 0.6 is 7.60 Å². The minimum Gasteiger partial charge on any atom is -0.376 e. The topological polar surface area (TPSA) is 317 Å². The maximum absolute atomic E-state index is 14.9. The second-order valence-electron chi connectivity index (χ2n) is 20.8. The summed E-state index contributed by atoms with van der Waals surface area (Å²) >= 11 is 0. The van der Waals surface area contributed by atoms with E-state index in [4.69, 9.17) is 10.5 Å². The van der Waals surface area contributed by atoms with E-state index in [2.05, 4.69) is 38.1 Å². The van der Waals surface area contributed by atoms with E-state index in [9.17, 15) is 57.5 Å². The first kappa shape index (κ1) is 59.8. The number of ether oxygens (including phenoxy) is 1. The third-order valence-corrected chi connectivity index (χ3v) is 15.7. The molecule has 1 aromatic heterocycles. The van der Waals surface area contributed by atoms with E-state index >= 15 is 0 Å². The van der Waals surface area contributed by atoms with Gasteiger partial charge in [-0.15, -0.1) is 0 Å². The maximum atomic E-state index is 14.9. The number of carbonyl (C=O) groups excluding carboxylic acids is 9. The van der Waals surface area contributed by atoms with Crippen molar-refractivity contribution in [1.29, 1.82) is 0 Å². The molecule has 8 rings (SSSR count). The number of likely N-dealkylation sites (tertiary alicyclic amines) is 1. The Morgan fingerprint density at radius 2 is 1.55 bits per heavy atom. The third kappa shape index (κ3) is 15.0. The molecule has 0 spiro atoms. The van der Waals surface area contributed by atoms with Crippen LogP contribution in [0, 0.1) is 11.8 Å². The normalized spacial score (nSPS) is 17.6. The van der Waals surface area contributed by atoms with Gasteiger partial charge in [-0.25, -0.2) is 0 Å². The summed E-state index contributed by atoms with van der Waals surface area (Å²) in [7, 11) is -5.09. The lowest BCUT2D eigenvalue weighted by Gasteiger charge is -2.30. The van der Waals surface area contributed by atoms with E-state index in [1.54, 1.807) is 12.1 Å². The molecule has 9 N–H and O–H groups in total. The highest BCUT2D eigenvalue weighted by atomic mass is 31.2. The van der Waals surface area contributed by atoms with Crippen LogP contribution in [0.3, 0.4) is 0 Å². The molecule has 21 nitrogen and oxygen atoms in total. The van der Waals surface area contributed by atoms with Gasteiger partial charge in [0.25, 0.3) is 17.3 Å². The lowest BCUT2D eigenvalue weighted by Crippen LogP contribution is -2.56. The molecule has 3 aliphatic heterocycles. The number of primary amides is 1. The average Bonchev–Trinajstić information content (AvgIpc) is 3.88. The van der Waals surface area contributed by atoms with E-state index in [0.717, 1.165) is 36.0 Å². The number of nitrogens with one attached hydrogen (secondary N) is 5. The number of carbonyl (C=O) groups is 9. The van der Waals surface area contributed by atoms with E-state index in [0.29, 0.717) is 54.3 Å². The van der Waals surface area contributed by atoms with Crippen LogP contribution in [0.5, 0.6) is 0 Å². The van der Waals surface area contributed by atoms with Crippen molar-refractivity contribution < 1.29 is 62.2 Å². The van der Waals surface area contributed by atoms with Gasteiger partial charge in [0.05, 0.1) is 12.1 Å². The zero-order valence-corrected chi connectivity index (χ0v) is 46.3. The zero-order chi connectivity index (χ0) is 58.5. The van der Waals surface area contributed by atoms with Gasteiger partial charge in [0, 0.05) is 73.0 Å². The van der Waals surface area contributed by atoms with Gasteiger partial charge in [-0.1, -0.05) is 111 Å². The summed E-state index contributed by atoms with van der Waals surface area (Å²) in [5.41, 5.74) is 7.82. The number of hydrogen-bond donors (Lipinski definition) is 8. The summed E-state index contributed by atoms with van der Waals surface area (Å²) in [4.78, 5) is 145. The van der Waals surface area contributed by atoms with Gasteiger partial charge in [0.2, 0.25) is 35.4 Å². The number of aromatic nitrogens is 1. The molecule has 430 valence electrons. The van der Waals surface area contributed by atoms with Crippen LogP contribution in [0.1, 0.15) is 150 Å². The Hall–Kier alpha value is -8.28. The van der Waals surface area contributed by atoms with E-state index in [1.165, 1.54) is 34.1 Å². The van der Waals surface area contributed by atoms with Gasteiger partial charge < -0.3 is 51.0 Å². The molecule has 4 aromatic carbocycles. The first-order chi connectivity index (χ1) is 39.4. The molecular weight excluding hydrogens is 1070 g/mol. The number of fused-ring (bicyclic) bond motifs is 2. The number of aromatic amines is 1. The summed E-state index contributed by atoms with van der Waals surface area (Å²) in [5.74, 6) is 2.09. The minimum absolute atomic E-state index is 0.00111. The molecule has 0 bridgehead atoms. The van der Waals surface area contributed by atoms with Gasteiger partial charge in [-0.05, 0) is 85.2 Å². The van der Waals surface area contributed by atoms with Crippen molar-refractivity contribution in [3.8, 4) is 11.8 Å². The molecule has 5 aromatic rings. The maximum Gasteiger partial charge on any atom is 0.396 e. The predicted octanol–water partition coefficient (Wildman–Crippen LogP) is 5.18. The molecule has 0 saturated carbocycles. The van der Waals surface area contributed by atoms with Crippen molar-refractivity contribution >= 4 is 71.3 Å². The third-order valence-electron chi connectivity index (χ3n) is 14.9. The molecule has 4 heterocycles. The SMILES string of the molecule is CCCC[C@H](NC(=O)c1cc2cc(C(=O)P(=O)(O)O)ccc2[nH]1)C(=O)N1C[C@H](OCCCCCCC#Cc2cccc3c2CN(C2CCC(=O)NC2=O)C3=O)C[C@H]1C(=O)N[C@@H](CCC(N)=O)C(=O)NC(c1ccccc1)c1ccccc1. The number of nitrogens with zero attached hydrogens (tertiary/aromatic N) is 2. The Labute approximate surface area is 474 Å². The van der Waals surface area contributed by atoms with E-state index in [1.807, 2.05) is 73.7 Å². The monoisotopic (exact) mass is 1140 g/mol. The standard InChI is InChI=1S/C60H67N8O13P/c1-2-3-24-47(64-55(72)48-33-41-32-40(25-26-45(41)62-48)60(77)82(78,79)80)59(76)67-35-42(34-50(67)57(74)63-46(27-29-51(61)69)54(71)66-53(38-18-11-8-12-19-38)39-20-13-9-14-21-39)81-31-15-7-5-4-6-10-17-37-22-16-23-43-44(37)36-68(58(43)75)49-28-30-52(70)65-56(49)73/h8-9,11-14,16,18-23,25-26,32-33,42,46-47,49-50,53,62H,2-7,15,24,27-31,34-36H2,1H3,(H2,61,69)(H,63,74)(H,64,72)(H,66,71)(H,65,70,73)(H2,78,79,80)/t42-,46+,47+,49?,50+/m1/s1. The lowest BCUT2D eigenvalue weighted by molar-refractivity contribution is -0.141. The fraction of sp³-hybridized carbons (Fsp3) is 0.383. The van der Waals surface area contributed by atoms with Crippen molar-refractivity contribution in [3.63, 3.8) is 0 Å². The minimum atomic E-state index is -5.09. The summed E-state index contributed by atoms with van der Waals surface area (Å²) < 4.78 is 18.1. The van der Waals surface area contributed by atoms with Crippen LogP contribution < -0.4 is 27.0 Å². The molecule has 1 unspecified atom stereocenters. The fourth-order valence-corrected chi connectivity index (χ4v) is 11.0. The number of unbranched alkanes of at least 4 members (excludes halogenated alkanes) is 5. The van der Waals surface area contributed by atoms with Crippen molar-refractivity contribution in [2.75, 3.05) is 13.2 Å². The van der Waals surface area contributed by atoms with Crippen molar-refractivity contribution in [1.82, 2.24) is 36.1 Å². The molecule has 0 radical (unpaired) electrons. The van der Waals surface area contributed by atoms with Crippen LogP contribution in [0.4, 0.5) is 0 Å². The van der Waals surface area contributed by atoms with E-state index in [-0.39, 0.29) is 74.7 Å².